The van der Waals surface area contributed by atoms with E-state index in [9.17, 15) is 8.42 Å². The van der Waals surface area contributed by atoms with Crippen molar-refractivity contribution in [3.8, 4) is 0 Å². The van der Waals surface area contributed by atoms with Crippen LogP contribution in [-0.4, -0.2) is 23.1 Å². The Morgan fingerprint density at radius 1 is 1.17 bits per heavy atom. The molecule has 3 aromatic rings. The molecule has 0 aliphatic rings. The highest BCUT2D eigenvalue weighted by Crippen LogP contribution is 2.22. The molecule has 0 fully saturated rings. The third-order valence-corrected chi connectivity index (χ3v) is 4.98. The second-order valence-corrected chi connectivity index (χ2v) is 7.01. The minimum Gasteiger partial charge on any atom is -0.369 e. The number of benzene rings is 2. The van der Waals surface area contributed by atoms with Crippen LogP contribution in [0.5, 0.6) is 0 Å². The maximum Gasteiger partial charge on any atom is 0.287 e. The van der Waals surface area contributed by atoms with Gasteiger partial charge < -0.3 is 11.1 Å². The molecule has 2 aromatic carbocycles. The number of halogens is 1. The van der Waals surface area contributed by atoms with E-state index in [-0.39, 0.29) is 16.4 Å². The van der Waals surface area contributed by atoms with Crippen LogP contribution in [0, 0.1) is 0 Å². The van der Waals surface area contributed by atoms with Crippen LogP contribution in [0.1, 0.15) is 0 Å². The molecule has 0 aliphatic heterocycles. The van der Waals surface area contributed by atoms with Crippen molar-refractivity contribution in [2.24, 2.45) is 10.1 Å². The molecule has 0 unspecified atom stereocenters. The zero-order chi connectivity index (χ0) is 16.4. The Kier molecular flexibility index (Phi) is 4.16. The van der Waals surface area contributed by atoms with Crippen molar-refractivity contribution in [2.45, 2.75) is 4.90 Å². The molecular weight excluding hydrogens is 358 g/mol. The molecule has 0 amide bonds. The Labute approximate surface area is 141 Å². The summed E-state index contributed by atoms with van der Waals surface area (Å²) in [5, 5.41) is 3.25. The van der Waals surface area contributed by atoms with E-state index in [1.54, 1.807) is 36.4 Å². The van der Waals surface area contributed by atoms with Crippen molar-refractivity contribution < 1.29 is 8.42 Å². The first kappa shape index (κ1) is 15.7. The summed E-state index contributed by atoms with van der Waals surface area (Å²) < 4.78 is 36.4. The first-order valence-electron chi connectivity index (χ1n) is 6.30. The number of nitrogens with one attached hydrogen (secondary N) is 1. The Balaban J connectivity index is 1.93. The molecule has 10 heteroatoms. The molecule has 3 N–H and O–H groups in total. The number of hydrogen-bond acceptors (Lipinski definition) is 5. The van der Waals surface area contributed by atoms with Crippen LogP contribution in [0.25, 0.3) is 11.0 Å². The minimum absolute atomic E-state index is 0.0374. The fourth-order valence-electron chi connectivity index (χ4n) is 1.87. The Morgan fingerprint density at radius 3 is 2.65 bits per heavy atom. The molecule has 0 bridgehead atoms. The molecule has 0 spiro atoms. The summed E-state index contributed by atoms with van der Waals surface area (Å²) >= 11 is 6.72. The van der Waals surface area contributed by atoms with Crippen LogP contribution in [-0.2, 0) is 10.0 Å². The topological polar surface area (TPSA) is 110 Å². The van der Waals surface area contributed by atoms with E-state index in [0.29, 0.717) is 16.2 Å². The van der Waals surface area contributed by atoms with Gasteiger partial charge in [0.05, 0.1) is 11.7 Å². The van der Waals surface area contributed by atoms with Crippen LogP contribution in [0.3, 0.4) is 0 Å². The van der Waals surface area contributed by atoms with Gasteiger partial charge in [-0.3, -0.25) is 0 Å². The number of fused-ring (bicyclic) bond motifs is 1. The number of nitrogens with zero attached hydrogens (tertiary/aromatic N) is 3. The fourth-order valence-corrected chi connectivity index (χ4v) is 3.65. The van der Waals surface area contributed by atoms with E-state index in [2.05, 4.69) is 18.5 Å². The monoisotopic (exact) mass is 367 g/mol. The lowest BCUT2D eigenvalue weighted by Gasteiger charge is -2.06. The third kappa shape index (κ3) is 3.41. The smallest absolute Gasteiger partial charge is 0.287 e. The van der Waals surface area contributed by atoms with Crippen LogP contribution in [0.15, 0.2) is 51.8 Å². The molecule has 1 aromatic heterocycles. The van der Waals surface area contributed by atoms with Gasteiger partial charge in [-0.25, -0.2) is 0 Å². The number of hydrogen-bond donors (Lipinski definition) is 2. The van der Waals surface area contributed by atoms with Gasteiger partial charge in [-0.1, -0.05) is 17.7 Å². The summed E-state index contributed by atoms with van der Waals surface area (Å²) in [4.78, 5) is -0.0374. The van der Waals surface area contributed by atoms with Crippen molar-refractivity contribution >= 4 is 56.0 Å². The molecule has 7 nitrogen and oxygen atoms in total. The Bertz CT molecular complexity index is 983. The van der Waals surface area contributed by atoms with E-state index in [1.807, 2.05) is 0 Å². The lowest BCUT2D eigenvalue weighted by Crippen LogP contribution is -2.24. The van der Waals surface area contributed by atoms with Gasteiger partial charge in [-0.05, 0) is 36.4 Å². The van der Waals surface area contributed by atoms with Gasteiger partial charge in [0, 0.05) is 10.7 Å². The molecule has 0 atom stereocenters. The average molecular weight is 368 g/mol. The van der Waals surface area contributed by atoms with Gasteiger partial charge in [0.15, 0.2) is 0 Å². The van der Waals surface area contributed by atoms with Crippen LogP contribution in [0.4, 0.5) is 5.69 Å². The predicted octanol–water partition coefficient (Wildman–Crippen LogP) is 2.46. The minimum atomic E-state index is -4.01. The molecule has 1 heterocycles. The van der Waals surface area contributed by atoms with Crippen LogP contribution in [0.2, 0.25) is 5.02 Å². The normalized spacial score (nSPS) is 12.5. The summed E-state index contributed by atoms with van der Waals surface area (Å²) in [7, 11) is -4.01. The number of aromatic nitrogens is 2. The highest BCUT2D eigenvalue weighted by atomic mass is 35.5. The Morgan fingerprint density at radius 2 is 1.91 bits per heavy atom. The van der Waals surface area contributed by atoms with Crippen LogP contribution >= 0.6 is 23.3 Å². The number of anilines is 1. The number of rotatable bonds is 3. The highest BCUT2D eigenvalue weighted by molar-refractivity contribution is 7.90. The Hall–Kier alpha value is -2.23. The standard InChI is InChI=1S/C13H10ClN5O2S2/c14-8-4-6-9(7-5-8)16-13(15)19-23(20,21)11-3-1-2-10-12(11)18-22-17-10/h1-7H,(H3,15,16,19). The van der Waals surface area contributed by atoms with Gasteiger partial charge in [0.2, 0.25) is 5.96 Å². The summed E-state index contributed by atoms with van der Waals surface area (Å²) in [6.07, 6.45) is 0. The van der Waals surface area contributed by atoms with Gasteiger partial charge >= 0.3 is 0 Å². The lowest BCUT2D eigenvalue weighted by atomic mass is 10.3. The molecular formula is C13H10ClN5O2S2. The maximum absolute atomic E-state index is 12.4. The van der Waals surface area contributed by atoms with Crippen molar-refractivity contribution in [1.29, 1.82) is 0 Å². The lowest BCUT2D eigenvalue weighted by molar-refractivity contribution is 0.598. The predicted molar refractivity (Wildman–Crippen MR) is 91.3 cm³/mol. The van der Waals surface area contributed by atoms with Crippen molar-refractivity contribution in [3.05, 3.63) is 47.5 Å². The largest absolute Gasteiger partial charge is 0.369 e. The molecule has 0 radical (unpaired) electrons. The van der Waals surface area contributed by atoms with E-state index in [0.717, 1.165) is 11.7 Å². The van der Waals surface area contributed by atoms with Gasteiger partial charge in [-0.15, -0.1) is 4.40 Å². The van der Waals surface area contributed by atoms with E-state index in [1.165, 1.54) is 6.07 Å². The molecule has 23 heavy (non-hydrogen) atoms. The molecule has 0 saturated heterocycles. The van der Waals surface area contributed by atoms with E-state index in [4.69, 9.17) is 17.3 Å². The number of sulfonamides is 1. The second-order valence-electron chi connectivity index (χ2n) is 4.47. The number of guanidine groups is 1. The molecule has 0 saturated carbocycles. The highest BCUT2D eigenvalue weighted by Gasteiger charge is 2.19. The van der Waals surface area contributed by atoms with E-state index >= 15 is 0 Å². The number of nitrogens with two attached hydrogens (primary N) is 1. The quantitative estimate of drug-likeness (QED) is 0.543. The van der Waals surface area contributed by atoms with Crippen molar-refractivity contribution in [1.82, 2.24) is 8.75 Å². The summed E-state index contributed by atoms with van der Waals surface area (Å²) in [6, 6.07) is 11.3. The zero-order valence-electron chi connectivity index (χ0n) is 11.5. The zero-order valence-corrected chi connectivity index (χ0v) is 13.9. The summed E-state index contributed by atoms with van der Waals surface area (Å²) in [5.41, 5.74) is 7.02. The van der Waals surface area contributed by atoms with Gasteiger partial charge in [-0.2, -0.15) is 17.2 Å². The fraction of sp³-hybridized carbons (Fsp3) is 0. The average Bonchev–Trinajstić information content (AvgIpc) is 2.97. The summed E-state index contributed by atoms with van der Waals surface area (Å²) in [6.45, 7) is 0. The first-order chi connectivity index (χ1) is 11.0. The second kappa shape index (κ2) is 6.11. The van der Waals surface area contributed by atoms with Gasteiger partial charge in [0.25, 0.3) is 10.0 Å². The van der Waals surface area contributed by atoms with Gasteiger partial charge in [0.1, 0.15) is 15.9 Å². The third-order valence-electron chi connectivity index (χ3n) is 2.86. The molecule has 0 aliphatic carbocycles. The molecule has 3 rings (SSSR count). The van der Waals surface area contributed by atoms with Crippen molar-refractivity contribution in [3.63, 3.8) is 0 Å². The SMILES string of the molecule is N/C(=N\S(=O)(=O)c1cccc2nsnc12)Nc1ccc(Cl)cc1. The first-order valence-corrected chi connectivity index (χ1v) is 8.85. The van der Waals surface area contributed by atoms with Crippen molar-refractivity contribution in [2.75, 3.05) is 5.32 Å². The van der Waals surface area contributed by atoms with Crippen LogP contribution < -0.4 is 11.1 Å². The van der Waals surface area contributed by atoms with E-state index < -0.39 is 10.0 Å². The maximum atomic E-state index is 12.4. The summed E-state index contributed by atoms with van der Waals surface area (Å²) in [5.74, 6) is -0.257. The molecule has 118 valence electrons.